The third-order valence-corrected chi connectivity index (χ3v) is 1.51. The van der Waals surface area contributed by atoms with E-state index in [0.29, 0.717) is 0 Å². The lowest BCUT2D eigenvalue weighted by molar-refractivity contribution is 0.595. The molecule has 0 aliphatic rings. The van der Waals surface area contributed by atoms with Gasteiger partial charge in [-0.25, -0.2) is 0 Å². The van der Waals surface area contributed by atoms with Crippen molar-refractivity contribution < 1.29 is 0 Å². The Balaban J connectivity index is 0. The maximum Gasteiger partial charge on any atom is -0.00368 e. The van der Waals surface area contributed by atoms with Crippen LogP contribution in [0.2, 0.25) is 0 Å². The molecule has 0 rings (SSSR count). The van der Waals surface area contributed by atoms with E-state index in [1.807, 2.05) is 13.8 Å². The SMILES string of the molecule is CC.CCNCCCNCCCN. The minimum Gasteiger partial charge on any atom is -0.330 e. The second-order valence-corrected chi connectivity index (χ2v) is 2.60. The molecule has 0 bridgehead atoms. The summed E-state index contributed by atoms with van der Waals surface area (Å²) in [7, 11) is 0. The molecule has 3 heteroatoms. The van der Waals surface area contributed by atoms with E-state index < -0.39 is 0 Å². The molecule has 0 saturated heterocycles. The summed E-state index contributed by atoms with van der Waals surface area (Å²) in [5, 5.41) is 6.60. The lowest BCUT2D eigenvalue weighted by atomic mass is 10.4. The number of hydrogen-bond donors (Lipinski definition) is 3. The summed E-state index contributed by atoms with van der Waals surface area (Å²) in [5.41, 5.74) is 5.34. The van der Waals surface area contributed by atoms with Gasteiger partial charge in [0, 0.05) is 0 Å². The highest BCUT2D eigenvalue weighted by Gasteiger charge is 1.86. The molecular formula is C10H27N3. The molecule has 0 atom stereocenters. The molecule has 0 saturated carbocycles. The topological polar surface area (TPSA) is 50.1 Å². The largest absolute Gasteiger partial charge is 0.330 e. The van der Waals surface area contributed by atoms with E-state index in [4.69, 9.17) is 5.73 Å². The second kappa shape index (κ2) is 17.8. The Morgan fingerprint density at radius 1 is 0.923 bits per heavy atom. The predicted octanol–water partition coefficient (Wildman–Crippen LogP) is 0.951. The van der Waals surface area contributed by atoms with Crippen LogP contribution in [0.5, 0.6) is 0 Å². The molecule has 0 aromatic heterocycles. The summed E-state index contributed by atoms with van der Waals surface area (Å²) in [5.74, 6) is 0. The lowest BCUT2D eigenvalue weighted by Gasteiger charge is -2.03. The van der Waals surface area contributed by atoms with E-state index in [1.54, 1.807) is 0 Å². The minimum atomic E-state index is 0.792. The van der Waals surface area contributed by atoms with Gasteiger partial charge in [-0.15, -0.1) is 0 Å². The maximum absolute atomic E-state index is 5.34. The first-order valence-corrected chi connectivity index (χ1v) is 5.53. The van der Waals surface area contributed by atoms with Crippen molar-refractivity contribution in [1.82, 2.24) is 10.6 Å². The summed E-state index contributed by atoms with van der Waals surface area (Å²) in [6, 6.07) is 0. The molecule has 13 heavy (non-hydrogen) atoms. The number of hydrogen-bond acceptors (Lipinski definition) is 3. The molecule has 0 aliphatic carbocycles. The van der Waals surface area contributed by atoms with Gasteiger partial charge in [-0.3, -0.25) is 0 Å². The van der Waals surface area contributed by atoms with Crippen molar-refractivity contribution in [2.45, 2.75) is 33.6 Å². The number of nitrogens with two attached hydrogens (primary N) is 1. The molecule has 3 nitrogen and oxygen atoms in total. The van der Waals surface area contributed by atoms with Gasteiger partial charge in [0.25, 0.3) is 0 Å². The van der Waals surface area contributed by atoms with Gasteiger partial charge in [-0.05, 0) is 45.6 Å². The fourth-order valence-corrected chi connectivity index (χ4v) is 0.867. The monoisotopic (exact) mass is 189 g/mol. The van der Waals surface area contributed by atoms with Gasteiger partial charge in [-0.1, -0.05) is 20.8 Å². The Labute approximate surface area is 83.5 Å². The van der Waals surface area contributed by atoms with Crippen molar-refractivity contribution in [3.8, 4) is 0 Å². The van der Waals surface area contributed by atoms with Gasteiger partial charge in [0.15, 0.2) is 0 Å². The van der Waals surface area contributed by atoms with E-state index in [-0.39, 0.29) is 0 Å². The molecule has 0 radical (unpaired) electrons. The van der Waals surface area contributed by atoms with E-state index >= 15 is 0 Å². The molecule has 0 amide bonds. The average molecular weight is 189 g/mol. The summed E-state index contributed by atoms with van der Waals surface area (Å²) in [6.45, 7) is 11.3. The molecule has 0 aromatic carbocycles. The number of nitrogens with one attached hydrogen (secondary N) is 2. The van der Waals surface area contributed by atoms with Gasteiger partial charge in [-0.2, -0.15) is 0 Å². The zero-order chi connectivity index (χ0) is 10.4. The Kier molecular flexibility index (Phi) is 21.1. The molecule has 0 fully saturated rings. The van der Waals surface area contributed by atoms with E-state index in [0.717, 1.165) is 39.1 Å². The first kappa shape index (κ1) is 15.4. The smallest absolute Gasteiger partial charge is 0.00368 e. The first-order chi connectivity index (χ1) is 6.41. The van der Waals surface area contributed by atoms with Gasteiger partial charge < -0.3 is 16.4 Å². The highest BCUT2D eigenvalue weighted by molar-refractivity contribution is 4.50. The average Bonchev–Trinajstić information content (AvgIpc) is 2.20. The van der Waals surface area contributed by atoms with E-state index in [2.05, 4.69) is 17.6 Å². The van der Waals surface area contributed by atoms with Crippen molar-refractivity contribution in [2.24, 2.45) is 5.73 Å². The third-order valence-electron chi connectivity index (χ3n) is 1.51. The zero-order valence-corrected chi connectivity index (χ0v) is 9.53. The fraction of sp³-hybridized carbons (Fsp3) is 1.00. The number of rotatable bonds is 8. The Morgan fingerprint density at radius 3 is 2.00 bits per heavy atom. The van der Waals surface area contributed by atoms with Gasteiger partial charge in [0.1, 0.15) is 0 Å². The van der Waals surface area contributed by atoms with E-state index in [1.165, 1.54) is 6.42 Å². The molecule has 4 N–H and O–H groups in total. The lowest BCUT2D eigenvalue weighted by Crippen LogP contribution is -2.23. The summed E-state index contributed by atoms with van der Waals surface area (Å²) in [6.07, 6.45) is 2.29. The molecule has 0 heterocycles. The molecule has 0 aromatic rings. The van der Waals surface area contributed by atoms with Crippen molar-refractivity contribution in [1.29, 1.82) is 0 Å². The highest BCUT2D eigenvalue weighted by atomic mass is 14.9. The van der Waals surface area contributed by atoms with Crippen LogP contribution in [0.15, 0.2) is 0 Å². The van der Waals surface area contributed by atoms with Crippen LogP contribution in [0.4, 0.5) is 0 Å². The van der Waals surface area contributed by atoms with Gasteiger partial charge in [0.2, 0.25) is 0 Å². The van der Waals surface area contributed by atoms with E-state index in [9.17, 15) is 0 Å². The van der Waals surface area contributed by atoms with Crippen molar-refractivity contribution in [3.63, 3.8) is 0 Å². The third kappa shape index (κ3) is 18.7. The predicted molar refractivity (Wildman–Crippen MR) is 61.0 cm³/mol. The Morgan fingerprint density at radius 2 is 1.46 bits per heavy atom. The summed E-state index contributed by atoms with van der Waals surface area (Å²) < 4.78 is 0. The van der Waals surface area contributed by atoms with Crippen LogP contribution in [-0.4, -0.2) is 32.7 Å². The molecule has 0 unspecified atom stereocenters. The fourth-order valence-electron chi connectivity index (χ4n) is 0.867. The van der Waals surface area contributed by atoms with Crippen molar-refractivity contribution in [3.05, 3.63) is 0 Å². The van der Waals surface area contributed by atoms with Crippen LogP contribution in [0.25, 0.3) is 0 Å². The molecule has 0 spiro atoms. The molecule has 82 valence electrons. The minimum absolute atomic E-state index is 0.792. The standard InChI is InChI=1S/C8H21N3.C2H6/c1-2-10-7-4-8-11-6-3-5-9;1-2/h10-11H,2-9H2,1H3;1-2H3. The Hall–Kier alpha value is -0.120. The van der Waals surface area contributed by atoms with Crippen molar-refractivity contribution in [2.75, 3.05) is 32.7 Å². The zero-order valence-electron chi connectivity index (χ0n) is 9.53. The van der Waals surface area contributed by atoms with Crippen LogP contribution in [0.1, 0.15) is 33.6 Å². The van der Waals surface area contributed by atoms with Crippen LogP contribution in [0.3, 0.4) is 0 Å². The molecule has 0 aliphatic heterocycles. The van der Waals surface area contributed by atoms with Crippen LogP contribution >= 0.6 is 0 Å². The van der Waals surface area contributed by atoms with Gasteiger partial charge >= 0.3 is 0 Å². The van der Waals surface area contributed by atoms with Gasteiger partial charge in [0.05, 0.1) is 0 Å². The van der Waals surface area contributed by atoms with Crippen molar-refractivity contribution >= 4 is 0 Å². The first-order valence-electron chi connectivity index (χ1n) is 5.53. The van der Waals surface area contributed by atoms with Crippen LogP contribution in [0, 0.1) is 0 Å². The normalized spacial score (nSPS) is 9.23. The highest BCUT2D eigenvalue weighted by Crippen LogP contribution is 1.74. The van der Waals surface area contributed by atoms with Crippen LogP contribution in [-0.2, 0) is 0 Å². The summed E-state index contributed by atoms with van der Waals surface area (Å²) >= 11 is 0. The second-order valence-electron chi connectivity index (χ2n) is 2.60. The maximum atomic E-state index is 5.34. The Bertz CT molecular complexity index is 59.2. The summed E-state index contributed by atoms with van der Waals surface area (Å²) in [4.78, 5) is 0. The molecular weight excluding hydrogens is 162 g/mol. The van der Waals surface area contributed by atoms with Crippen LogP contribution < -0.4 is 16.4 Å². The quantitative estimate of drug-likeness (QED) is 0.498.